The second kappa shape index (κ2) is 7.35. The number of carbonyl (C=O) groups excluding carboxylic acids is 1. The lowest BCUT2D eigenvalue weighted by Gasteiger charge is -2.31. The standard InChI is InChI=1S/C19H19N5O2/c25-19(17-13-16(21-22-17)14-5-2-1-3-6-14)24-11-8-15(9-12-24)26-18-7-4-10-20-23-18/h1-7,10,13,15H,8-9,11-12H2,(H,21,22). The minimum atomic E-state index is -0.0300. The average molecular weight is 349 g/mol. The Hall–Kier alpha value is -3.22. The van der Waals surface area contributed by atoms with Crippen molar-refractivity contribution in [3.63, 3.8) is 0 Å². The van der Waals surface area contributed by atoms with Crippen LogP contribution in [0, 0.1) is 0 Å². The number of rotatable bonds is 4. The van der Waals surface area contributed by atoms with Crippen LogP contribution in [0.3, 0.4) is 0 Å². The zero-order valence-corrected chi connectivity index (χ0v) is 14.2. The molecule has 0 atom stereocenters. The van der Waals surface area contributed by atoms with Crippen molar-refractivity contribution in [1.82, 2.24) is 25.3 Å². The summed E-state index contributed by atoms with van der Waals surface area (Å²) < 4.78 is 5.82. The quantitative estimate of drug-likeness (QED) is 0.782. The van der Waals surface area contributed by atoms with Crippen molar-refractivity contribution >= 4 is 5.91 Å². The summed E-state index contributed by atoms with van der Waals surface area (Å²) in [5.74, 6) is 0.496. The van der Waals surface area contributed by atoms with Gasteiger partial charge in [0.05, 0.1) is 5.69 Å². The van der Waals surface area contributed by atoms with E-state index in [0.717, 1.165) is 24.1 Å². The summed E-state index contributed by atoms with van der Waals surface area (Å²) in [6.07, 6.45) is 3.20. The molecule has 1 amide bonds. The van der Waals surface area contributed by atoms with Crippen molar-refractivity contribution in [3.05, 3.63) is 60.4 Å². The van der Waals surface area contributed by atoms with Gasteiger partial charge in [-0.2, -0.15) is 10.2 Å². The number of ether oxygens (including phenoxy) is 1. The number of likely N-dealkylation sites (tertiary alicyclic amines) is 1. The lowest BCUT2D eigenvalue weighted by molar-refractivity contribution is 0.0580. The third-order valence-corrected chi connectivity index (χ3v) is 4.44. The number of nitrogens with zero attached hydrogens (tertiary/aromatic N) is 4. The van der Waals surface area contributed by atoms with Gasteiger partial charge in [0, 0.05) is 43.8 Å². The molecule has 0 saturated carbocycles. The summed E-state index contributed by atoms with van der Waals surface area (Å²) in [7, 11) is 0. The van der Waals surface area contributed by atoms with E-state index in [1.54, 1.807) is 24.4 Å². The fourth-order valence-electron chi connectivity index (χ4n) is 3.06. The van der Waals surface area contributed by atoms with Crippen LogP contribution in [-0.4, -0.2) is 50.4 Å². The van der Waals surface area contributed by atoms with Crippen LogP contribution in [0.25, 0.3) is 11.3 Å². The highest BCUT2D eigenvalue weighted by molar-refractivity contribution is 5.93. The predicted molar refractivity (Wildman–Crippen MR) is 95.6 cm³/mol. The molecule has 1 aliphatic rings. The summed E-state index contributed by atoms with van der Waals surface area (Å²) in [6.45, 7) is 1.28. The minimum Gasteiger partial charge on any atom is -0.473 e. The van der Waals surface area contributed by atoms with Crippen molar-refractivity contribution < 1.29 is 9.53 Å². The zero-order valence-electron chi connectivity index (χ0n) is 14.2. The number of hydrogen-bond acceptors (Lipinski definition) is 5. The molecular weight excluding hydrogens is 330 g/mol. The molecule has 0 spiro atoms. The van der Waals surface area contributed by atoms with Crippen LogP contribution in [0.15, 0.2) is 54.7 Å². The summed E-state index contributed by atoms with van der Waals surface area (Å²) in [5.41, 5.74) is 2.27. The van der Waals surface area contributed by atoms with Crippen LogP contribution in [-0.2, 0) is 0 Å². The molecule has 0 radical (unpaired) electrons. The van der Waals surface area contributed by atoms with E-state index in [9.17, 15) is 4.79 Å². The fourth-order valence-corrected chi connectivity index (χ4v) is 3.06. The lowest BCUT2D eigenvalue weighted by atomic mass is 10.1. The van der Waals surface area contributed by atoms with Crippen LogP contribution in [0.5, 0.6) is 5.88 Å². The van der Waals surface area contributed by atoms with Gasteiger partial charge in [-0.15, -0.1) is 5.10 Å². The number of aromatic nitrogens is 4. The number of amides is 1. The number of aromatic amines is 1. The molecule has 0 aliphatic carbocycles. The minimum absolute atomic E-state index is 0.0300. The SMILES string of the molecule is O=C(c1cc(-c2ccccc2)n[nH]1)N1CCC(Oc2cccnn2)CC1. The third-order valence-electron chi connectivity index (χ3n) is 4.44. The molecule has 4 rings (SSSR count). The third kappa shape index (κ3) is 3.56. The number of nitrogens with one attached hydrogen (secondary N) is 1. The first-order valence-corrected chi connectivity index (χ1v) is 8.64. The molecule has 1 fully saturated rings. The summed E-state index contributed by atoms with van der Waals surface area (Å²) >= 11 is 0. The maximum atomic E-state index is 12.7. The molecular formula is C19H19N5O2. The largest absolute Gasteiger partial charge is 0.473 e. The molecule has 7 nitrogen and oxygen atoms in total. The smallest absolute Gasteiger partial charge is 0.271 e. The highest BCUT2D eigenvalue weighted by Crippen LogP contribution is 2.20. The first-order valence-electron chi connectivity index (χ1n) is 8.64. The van der Waals surface area contributed by atoms with Crippen LogP contribution in [0.1, 0.15) is 23.3 Å². The Labute approximate surface area is 151 Å². The number of benzene rings is 1. The molecule has 3 aromatic rings. The van der Waals surface area contributed by atoms with Crippen molar-refractivity contribution in [1.29, 1.82) is 0 Å². The Balaban J connectivity index is 1.36. The molecule has 0 unspecified atom stereocenters. The maximum absolute atomic E-state index is 12.7. The molecule has 1 saturated heterocycles. The van der Waals surface area contributed by atoms with E-state index >= 15 is 0 Å². The van der Waals surface area contributed by atoms with E-state index in [1.165, 1.54) is 0 Å². The molecule has 26 heavy (non-hydrogen) atoms. The first kappa shape index (κ1) is 16.3. The van der Waals surface area contributed by atoms with E-state index in [-0.39, 0.29) is 12.0 Å². The molecule has 3 heterocycles. The van der Waals surface area contributed by atoms with Gasteiger partial charge >= 0.3 is 0 Å². The molecule has 1 aromatic carbocycles. The number of H-pyrrole nitrogens is 1. The maximum Gasteiger partial charge on any atom is 0.271 e. The topological polar surface area (TPSA) is 84.0 Å². The predicted octanol–water partition coefficient (Wildman–Crippen LogP) is 2.55. The van der Waals surface area contributed by atoms with Gasteiger partial charge in [-0.1, -0.05) is 30.3 Å². The fraction of sp³-hybridized carbons (Fsp3) is 0.263. The van der Waals surface area contributed by atoms with Crippen molar-refractivity contribution in [2.75, 3.05) is 13.1 Å². The van der Waals surface area contributed by atoms with Gasteiger partial charge < -0.3 is 9.64 Å². The second-order valence-corrected chi connectivity index (χ2v) is 6.20. The van der Waals surface area contributed by atoms with E-state index in [2.05, 4.69) is 20.4 Å². The number of hydrogen-bond donors (Lipinski definition) is 1. The van der Waals surface area contributed by atoms with Gasteiger partial charge in [-0.3, -0.25) is 9.89 Å². The molecule has 7 heteroatoms. The molecule has 132 valence electrons. The van der Waals surface area contributed by atoms with Gasteiger partial charge in [0.15, 0.2) is 0 Å². The molecule has 0 bridgehead atoms. The molecule has 2 aromatic heterocycles. The van der Waals surface area contributed by atoms with Crippen LogP contribution >= 0.6 is 0 Å². The van der Waals surface area contributed by atoms with Gasteiger partial charge in [0.1, 0.15) is 11.8 Å². The Morgan fingerprint density at radius 2 is 1.92 bits per heavy atom. The Morgan fingerprint density at radius 3 is 2.65 bits per heavy atom. The van der Waals surface area contributed by atoms with Gasteiger partial charge in [-0.25, -0.2) is 0 Å². The highest BCUT2D eigenvalue weighted by atomic mass is 16.5. The normalized spacial score (nSPS) is 15.0. The van der Waals surface area contributed by atoms with Crippen molar-refractivity contribution in [2.45, 2.75) is 18.9 Å². The van der Waals surface area contributed by atoms with Gasteiger partial charge in [-0.05, 0) is 12.1 Å². The van der Waals surface area contributed by atoms with E-state index in [1.807, 2.05) is 35.2 Å². The van der Waals surface area contributed by atoms with E-state index < -0.39 is 0 Å². The summed E-state index contributed by atoms with van der Waals surface area (Å²) in [5, 5.41) is 14.9. The Morgan fingerprint density at radius 1 is 1.12 bits per heavy atom. The van der Waals surface area contributed by atoms with Gasteiger partial charge in [0.25, 0.3) is 5.91 Å². The summed E-state index contributed by atoms with van der Waals surface area (Å²) in [6, 6.07) is 15.2. The number of carbonyl (C=O) groups is 1. The van der Waals surface area contributed by atoms with Crippen molar-refractivity contribution in [3.8, 4) is 17.1 Å². The van der Waals surface area contributed by atoms with Crippen molar-refractivity contribution in [2.24, 2.45) is 0 Å². The zero-order chi connectivity index (χ0) is 17.8. The van der Waals surface area contributed by atoms with Crippen LogP contribution < -0.4 is 4.74 Å². The highest BCUT2D eigenvalue weighted by Gasteiger charge is 2.26. The molecule has 1 N–H and O–H groups in total. The second-order valence-electron chi connectivity index (χ2n) is 6.20. The Bertz CT molecular complexity index is 858. The van der Waals surface area contributed by atoms with E-state index in [0.29, 0.717) is 24.7 Å². The van der Waals surface area contributed by atoms with Crippen LogP contribution in [0.4, 0.5) is 0 Å². The Kier molecular flexibility index (Phi) is 4.59. The summed E-state index contributed by atoms with van der Waals surface area (Å²) in [4.78, 5) is 14.5. The first-order chi connectivity index (χ1) is 12.8. The number of piperidine rings is 1. The van der Waals surface area contributed by atoms with Crippen LogP contribution in [0.2, 0.25) is 0 Å². The van der Waals surface area contributed by atoms with E-state index in [4.69, 9.17) is 4.74 Å². The lowest BCUT2D eigenvalue weighted by Crippen LogP contribution is -2.42. The molecule has 1 aliphatic heterocycles. The van der Waals surface area contributed by atoms with Gasteiger partial charge in [0.2, 0.25) is 5.88 Å². The monoisotopic (exact) mass is 349 g/mol. The average Bonchev–Trinajstić information content (AvgIpc) is 3.20.